The molecule has 0 saturated carbocycles. The Kier molecular flexibility index (Phi) is 5.81. The van der Waals surface area contributed by atoms with E-state index in [2.05, 4.69) is 41.1 Å². The Bertz CT molecular complexity index is 1600. The van der Waals surface area contributed by atoms with Crippen molar-refractivity contribution < 1.29 is 4.79 Å². The summed E-state index contributed by atoms with van der Waals surface area (Å²) in [5.74, 6) is 0.939. The Morgan fingerprint density at radius 2 is 1.73 bits per heavy atom. The number of carbonyl (C=O) groups is 1. The molecule has 1 atom stereocenters. The van der Waals surface area contributed by atoms with Gasteiger partial charge in [-0.05, 0) is 55.8 Å². The predicted octanol–water partition coefficient (Wildman–Crippen LogP) is 7.07. The van der Waals surface area contributed by atoms with Gasteiger partial charge in [0, 0.05) is 11.8 Å². The van der Waals surface area contributed by atoms with Crippen LogP contribution in [0.5, 0.6) is 0 Å². The van der Waals surface area contributed by atoms with E-state index in [-0.39, 0.29) is 12.1 Å². The molecule has 0 spiro atoms. The minimum Gasteiger partial charge on any atom is -0.307 e. The van der Waals surface area contributed by atoms with Crippen LogP contribution >= 0.6 is 11.6 Å². The molecule has 6 nitrogen and oxygen atoms in total. The predicted molar refractivity (Wildman–Crippen MR) is 147 cm³/mol. The maximum atomic E-state index is 14.0. The standard InChI is InChI=1S/C30H26ClN5O/c1-20-10-8-11-22(18-20)28-27-16-9-17-34(27)29-24(21(2)33-36(29)23-12-4-3-5-13-23)19-35(28)30(37)32-26-15-7-6-14-25(26)31/h3-18,28H,19H2,1-2H3,(H,32,37). The Balaban J connectivity index is 1.55. The largest absolute Gasteiger partial charge is 0.323 e. The van der Waals surface area contributed by atoms with E-state index in [4.69, 9.17) is 16.7 Å². The van der Waals surface area contributed by atoms with Crippen LogP contribution in [0.3, 0.4) is 0 Å². The van der Waals surface area contributed by atoms with Crippen molar-refractivity contribution in [3.8, 4) is 11.5 Å². The van der Waals surface area contributed by atoms with Gasteiger partial charge in [0.2, 0.25) is 0 Å². The number of nitrogens with zero attached hydrogens (tertiary/aromatic N) is 4. The topological polar surface area (TPSA) is 55.1 Å². The second-order valence-corrected chi connectivity index (χ2v) is 9.70. The number of fused-ring (bicyclic) bond motifs is 3. The molecule has 1 aliphatic rings. The third kappa shape index (κ3) is 4.09. The molecule has 7 heteroatoms. The van der Waals surface area contributed by atoms with E-state index in [1.807, 2.05) is 83.4 Å². The minimum absolute atomic E-state index is 0.230. The van der Waals surface area contributed by atoms with Crippen LogP contribution < -0.4 is 5.32 Å². The molecule has 2 amide bonds. The van der Waals surface area contributed by atoms with Gasteiger partial charge in [-0.25, -0.2) is 9.48 Å². The maximum absolute atomic E-state index is 14.0. The lowest BCUT2D eigenvalue weighted by molar-refractivity contribution is 0.194. The molecule has 1 N–H and O–H groups in total. The molecule has 0 aliphatic carbocycles. The van der Waals surface area contributed by atoms with Crippen LogP contribution in [0.2, 0.25) is 5.02 Å². The Labute approximate surface area is 220 Å². The highest BCUT2D eigenvalue weighted by Crippen LogP contribution is 2.39. The van der Waals surface area contributed by atoms with Gasteiger partial charge in [-0.1, -0.05) is 71.8 Å². The van der Waals surface area contributed by atoms with E-state index in [1.165, 1.54) is 0 Å². The van der Waals surface area contributed by atoms with Crippen LogP contribution in [0.15, 0.2) is 97.2 Å². The number of aryl methyl sites for hydroxylation is 2. The number of para-hydroxylation sites is 2. The molecule has 37 heavy (non-hydrogen) atoms. The molecule has 2 aromatic heterocycles. The van der Waals surface area contributed by atoms with Crippen molar-refractivity contribution >= 4 is 23.3 Å². The average molecular weight is 508 g/mol. The third-order valence-corrected chi connectivity index (χ3v) is 7.15. The first-order valence-corrected chi connectivity index (χ1v) is 12.6. The summed E-state index contributed by atoms with van der Waals surface area (Å²) in [5, 5.41) is 8.45. The second-order valence-electron chi connectivity index (χ2n) is 9.29. The molecule has 6 rings (SSSR count). The van der Waals surface area contributed by atoms with Gasteiger partial charge >= 0.3 is 6.03 Å². The lowest BCUT2D eigenvalue weighted by Crippen LogP contribution is -2.38. The second kappa shape index (κ2) is 9.30. The van der Waals surface area contributed by atoms with Crippen molar-refractivity contribution in [3.05, 3.63) is 130 Å². The summed E-state index contributed by atoms with van der Waals surface area (Å²) in [6.07, 6.45) is 2.05. The van der Waals surface area contributed by atoms with Crippen molar-refractivity contribution in [2.75, 3.05) is 5.32 Å². The SMILES string of the molecule is Cc1cccc(C2c3cccn3-c3c(c(C)nn3-c3ccccc3)CN2C(=O)Nc2ccccc2Cl)c1. The fourth-order valence-electron chi connectivity index (χ4n) is 5.09. The Morgan fingerprint density at radius 1 is 0.946 bits per heavy atom. The van der Waals surface area contributed by atoms with E-state index < -0.39 is 0 Å². The number of hydrogen-bond acceptors (Lipinski definition) is 2. The number of nitrogens with one attached hydrogen (secondary N) is 1. The molecule has 5 aromatic rings. The van der Waals surface area contributed by atoms with E-state index >= 15 is 0 Å². The zero-order valence-corrected chi connectivity index (χ0v) is 21.4. The van der Waals surface area contributed by atoms with Gasteiger partial charge in [0.15, 0.2) is 0 Å². The minimum atomic E-state index is -0.326. The number of benzene rings is 3. The van der Waals surface area contributed by atoms with E-state index in [0.29, 0.717) is 17.3 Å². The first-order chi connectivity index (χ1) is 18.0. The average Bonchev–Trinajstić information content (AvgIpc) is 3.46. The highest BCUT2D eigenvalue weighted by Gasteiger charge is 2.36. The molecule has 0 bridgehead atoms. The van der Waals surface area contributed by atoms with Crippen LogP contribution in [-0.4, -0.2) is 25.3 Å². The number of urea groups is 1. The van der Waals surface area contributed by atoms with Gasteiger partial charge < -0.3 is 14.8 Å². The summed E-state index contributed by atoms with van der Waals surface area (Å²) in [5.41, 5.74) is 6.56. The Morgan fingerprint density at radius 3 is 2.51 bits per heavy atom. The van der Waals surface area contributed by atoms with Crippen LogP contribution in [0, 0.1) is 13.8 Å². The van der Waals surface area contributed by atoms with E-state index in [0.717, 1.165) is 39.6 Å². The number of hydrogen-bond donors (Lipinski definition) is 1. The highest BCUT2D eigenvalue weighted by molar-refractivity contribution is 6.33. The lowest BCUT2D eigenvalue weighted by atomic mass is 10.00. The van der Waals surface area contributed by atoms with Crippen molar-refractivity contribution in [3.63, 3.8) is 0 Å². The van der Waals surface area contributed by atoms with Gasteiger partial charge in [0.25, 0.3) is 0 Å². The van der Waals surface area contributed by atoms with E-state index in [1.54, 1.807) is 6.07 Å². The summed E-state index contributed by atoms with van der Waals surface area (Å²) >= 11 is 6.40. The molecule has 1 unspecified atom stereocenters. The number of carbonyl (C=O) groups excluding carboxylic acids is 1. The summed E-state index contributed by atoms with van der Waals surface area (Å²) in [6.45, 7) is 4.45. The van der Waals surface area contributed by atoms with E-state index in [9.17, 15) is 4.79 Å². The molecule has 3 heterocycles. The third-order valence-electron chi connectivity index (χ3n) is 6.82. The fourth-order valence-corrected chi connectivity index (χ4v) is 5.27. The van der Waals surface area contributed by atoms with Crippen molar-refractivity contribution in [2.45, 2.75) is 26.4 Å². The number of rotatable bonds is 3. The van der Waals surface area contributed by atoms with Crippen molar-refractivity contribution in [1.82, 2.24) is 19.2 Å². The first kappa shape index (κ1) is 23.1. The molecule has 0 saturated heterocycles. The fraction of sp³-hybridized carbons (Fsp3) is 0.133. The van der Waals surface area contributed by atoms with Crippen LogP contribution in [0.25, 0.3) is 11.5 Å². The lowest BCUT2D eigenvalue weighted by Gasteiger charge is -2.31. The van der Waals surface area contributed by atoms with Crippen LogP contribution in [0.1, 0.15) is 34.1 Å². The van der Waals surface area contributed by atoms with Gasteiger partial charge in [0.1, 0.15) is 5.82 Å². The number of halogens is 1. The van der Waals surface area contributed by atoms with Crippen LogP contribution in [-0.2, 0) is 6.54 Å². The molecule has 3 aromatic carbocycles. The quantitative estimate of drug-likeness (QED) is 0.284. The zero-order valence-electron chi connectivity index (χ0n) is 20.6. The van der Waals surface area contributed by atoms with Gasteiger partial charge in [-0.15, -0.1) is 0 Å². The number of aromatic nitrogens is 3. The summed E-state index contributed by atoms with van der Waals surface area (Å²) in [4.78, 5) is 15.9. The number of amides is 2. The summed E-state index contributed by atoms with van der Waals surface area (Å²) in [7, 11) is 0. The molecular weight excluding hydrogens is 482 g/mol. The summed E-state index contributed by atoms with van der Waals surface area (Å²) in [6, 6.07) is 29.3. The molecule has 1 aliphatic heterocycles. The van der Waals surface area contributed by atoms with Crippen molar-refractivity contribution in [1.29, 1.82) is 0 Å². The highest BCUT2D eigenvalue weighted by atomic mass is 35.5. The van der Waals surface area contributed by atoms with Crippen LogP contribution in [0.4, 0.5) is 10.5 Å². The van der Waals surface area contributed by atoms with Gasteiger partial charge in [0.05, 0.1) is 40.4 Å². The monoisotopic (exact) mass is 507 g/mol. The molecular formula is C30H26ClN5O. The summed E-state index contributed by atoms with van der Waals surface area (Å²) < 4.78 is 4.13. The molecule has 0 fully saturated rings. The zero-order chi connectivity index (χ0) is 25.5. The van der Waals surface area contributed by atoms with Crippen molar-refractivity contribution in [2.24, 2.45) is 0 Å². The molecule has 0 radical (unpaired) electrons. The Hall–Kier alpha value is -4.29. The number of anilines is 1. The maximum Gasteiger partial charge on any atom is 0.323 e. The normalized spacial score (nSPS) is 14.6. The molecule has 184 valence electrons. The first-order valence-electron chi connectivity index (χ1n) is 12.2. The van der Waals surface area contributed by atoms with Gasteiger partial charge in [-0.2, -0.15) is 5.10 Å². The smallest absolute Gasteiger partial charge is 0.307 e. The van der Waals surface area contributed by atoms with Gasteiger partial charge in [-0.3, -0.25) is 0 Å².